The molecule has 0 aliphatic rings. The second-order valence-corrected chi connectivity index (χ2v) is 4.12. The van der Waals surface area contributed by atoms with Crippen molar-refractivity contribution in [2.24, 2.45) is 0 Å². The van der Waals surface area contributed by atoms with Gasteiger partial charge in [0.05, 0.1) is 0 Å². The molecule has 0 N–H and O–H groups in total. The van der Waals surface area contributed by atoms with Crippen LogP contribution in [0.25, 0.3) is 6.08 Å². The van der Waals surface area contributed by atoms with Gasteiger partial charge >= 0.3 is 0 Å². The van der Waals surface area contributed by atoms with Gasteiger partial charge in [-0.2, -0.15) is 0 Å². The van der Waals surface area contributed by atoms with E-state index in [4.69, 9.17) is 0 Å². The molecule has 0 fully saturated rings. The van der Waals surface area contributed by atoms with Crippen molar-refractivity contribution in [2.45, 2.75) is 46.5 Å². The molecule has 0 unspecified atom stereocenters. The van der Waals surface area contributed by atoms with Crippen molar-refractivity contribution in [2.75, 3.05) is 0 Å². The SMILES string of the molecule is C=Cc1ccc(CCC)c(C)c1CCC. The van der Waals surface area contributed by atoms with Crippen molar-refractivity contribution in [1.82, 2.24) is 0 Å². The lowest BCUT2D eigenvalue weighted by atomic mass is 9.92. The van der Waals surface area contributed by atoms with E-state index in [1.165, 1.54) is 47.9 Å². The van der Waals surface area contributed by atoms with Crippen molar-refractivity contribution in [3.63, 3.8) is 0 Å². The standard InChI is InChI=1S/C15H22/c1-5-8-14-11-10-13(7-3)15(9-6-2)12(14)4/h7,10-11H,3,5-6,8-9H2,1-2,4H3. The zero-order valence-electron chi connectivity index (χ0n) is 10.3. The molecular formula is C15H22. The Morgan fingerprint density at radius 3 is 2.33 bits per heavy atom. The van der Waals surface area contributed by atoms with Crippen LogP contribution in [-0.4, -0.2) is 0 Å². The lowest BCUT2D eigenvalue weighted by Crippen LogP contribution is -1.98. The molecule has 0 radical (unpaired) electrons. The fourth-order valence-corrected chi connectivity index (χ4v) is 2.14. The van der Waals surface area contributed by atoms with E-state index >= 15 is 0 Å². The second kappa shape index (κ2) is 5.75. The number of hydrogen-bond donors (Lipinski definition) is 0. The average molecular weight is 202 g/mol. The van der Waals surface area contributed by atoms with Crippen LogP contribution in [0.15, 0.2) is 18.7 Å². The summed E-state index contributed by atoms with van der Waals surface area (Å²) >= 11 is 0. The Kier molecular flexibility index (Phi) is 4.61. The molecule has 0 aliphatic heterocycles. The van der Waals surface area contributed by atoms with Crippen LogP contribution in [-0.2, 0) is 12.8 Å². The Balaban J connectivity index is 3.16. The Morgan fingerprint density at radius 2 is 1.80 bits per heavy atom. The molecule has 1 aromatic carbocycles. The van der Waals surface area contributed by atoms with E-state index in [1.54, 1.807) is 0 Å². The van der Waals surface area contributed by atoms with Crippen LogP contribution in [0.2, 0.25) is 0 Å². The molecule has 1 aromatic rings. The number of aryl methyl sites for hydroxylation is 1. The molecule has 15 heavy (non-hydrogen) atoms. The van der Waals surface area contributed by atoms with Gasteiger partial charge in [-0.3, -0.25) is 0 Å². The van der Waals surface area contributed by atoms with E-state index in [-0.39, 0.29) is 0 Å². The van der Waals surface area contributed by atoms with Gasteiger partial charge in [-0.25, -0.2) is 0 Å². The highest BCUT2D eigenvalue weighted by Crippen LogP contribution is 2.22. The monoisotopic (exact) mass is 202 g/mol. The van der Waals surface area contributed by atoms with E-state index in [2.05, 4.69) is 39.5 Å². The van der Waals surface area contributed by atoms with Crippen LogP contribution in [0.4, 0.5) is 0 Å². The van der Waals surface area contributed by atoms with Crippen molar-refractivity contribution in [3.05, 3.63) is 41.0 Å². The number of benzene rings is 1. The summed E-state index contributed by atoms with van der Waals surface area (Å²) in [4.78, 5) is 0. The summed E-state index contributed by atoms with van der Waals surface area (Å²) < 4.78 is 0. The topological polar surface area (TPSA) is 0 Å². The van der Waals surface area contributed by atoms with Crippen molar-refractivity contribution >= 4 is 6.08 Å². The van der Waals surface area contributed by atoms with E-state index in [0.29, 0.717) is 0 Å². The van der Waals surface area contributed by atoms with Crippen molar-refractivity contribution in [1.29, 1.82) is 0 Å². The molecule has 0 bridgehead atoms. The maximum absolute atomic E-state index is 3.89. The van der Waals surface area contributed by atoms with Gasteiger partial charge in [0.1, 0.15) is 0 Å². The molecule has 0 atom stereocenters. The van der Waals surface area contributed by atoms with Crippen molar-refractivity contribution in [3.8, 4) is 0 Å². The predicted molar refractivity (Wildman–Crippen MR) is 69.3 cm³/mol. The predicted octanol–water partition coefficient (Wildman–Crippen LogP) is 4.54. The van der Waals surface area contributed by atoms with Gasteiger partial charge in [0.15, 0.2) is 0 Å². The van der Waals surface area contributed by atoms with Gasteiger partial charge in [0.25, 0.3) is 0 Å². The van der Waals surface area contributed by atoms with Crippen molar-refractivity contribution < 1.29 is 0 Å². The first kappa shape index (κ1) is 12.0. The third-order valence-corrected chi connectivity index (χ3v) is 2.99. The Hall–Kier alpha value is -1.04. The zero-order chi connectivity index (χ0) is 11.3. The lowest BCUT2D eigenvalue weighted by Gasteiger charge is -2.13. The van der Waals surface area contributed by atoms with Gasteiger partial charge in [-0.1, -0.05) is 51.5 Å². The fraction of sp³-hybridized carbons (Fsp3) is 0.467. The van der Waals surface area contributed by atoms with Gasteiger partial charge in [0.2, 0.25) is 0 Å². The molecule has 0 amide bonds. The summed E-state index contributed by atoms with van der Waals surface area (Å²) in [5.74, 6) is 0. The second-order valence-electron chi connectivity index (χ2n) is 4.12. The highest BCUT2D eigenvalue weighted by molar-refractivity contribution is 5.56. The summed E-state index contributed by atoms with van der Waals surface area (Å²) in [6.07, 6.45) is 6.77. The highest BCUT2D eigenvalue weighted by atomic mass is 14.1. The molecule has 0 aliphatic carbocycles. The minimum atomic E-state index is 1.17. The molecule has 0 nitrogen and oxygen atoms in total. The van der Waals surface area contributed by atoms with Crippen LogP contribution in [0, 0.1) is 6.92 Å². The van der Waals surface area contributed by atoms with Crippen LogP contribution in [0.5, 0.6) is 0 Å². The smallest absolute Gasteiger partial charge is 0.0228 e. The summed E-state index contributed by atoms with van der Waals surface area (Å²) in [7, 11) is 0. The number of rotatable bonds is 5. The first-order valence-corrected chi connectivity index (χ1v) is 5.98. The lowest BCUT2D eigenvalue weighted by molar-refractivity contribution is 0.878. The third kappa shape index (κ3) is 2.71. The van der Waals surface area contributed by atoms with E-state index in [9.17, 15) is 0 Å². The highest BCUT2D eigenvalue weighted by Gasteiger charge is 2.06. The van der Waals surface area contributed by atoms with E-state index < -0.39 is 0 Å². The molecule has 0 aromatic heterocycles. The summed E-state index contributed by atoms with van der Waals surface area (Å²) in [6.45, 7) is 10.6. The average Bonchev–Trinajstić information content (AvgIpc) is 2.25. The molecule has 82 valence electrons. The largest absolute Gasteiger partial charge is 0.0985 e. The molecule has 0 saturated heterocycles. The van der Waals surface area contributed by atoms with Crippen LogP contribution in [0.1, 0.15) is 48.9 Å². The summed E-state index contributed by atoms with van der Waals surface area (Å²) in [6, 6.07) is 4.48. The van der Waals surface area contributed by atoms with E-state index in [1.807, 2.05) is 6.08 Å². The molecule has 0 spiro atoms. The maximum Gasteiger partial charge on any atom is -0.0228 e. The summed E-state index contributed by atoms with van der Waals surface area (Å²) in [5, 5.41) is 0. The van der Waals surface area contributed by atoms with E-state index in [0.717, 1.165) is 0 Å². The Bertz CT molecular complexity index is 334. The quantitative estimate of drug-likeness (QED) is 0.657. The molecule has 0 heterocycles. The maximum atomic E-state index is 3.89. The van der Waals surface area contributed by atoms with Gasteiger partial charge < -0.3 is 0 Å². The first-order chi connectivity index (χ1) is 7.24. The normalized spacial score (nSPS) is 10.3. The zero-order valence-corrected chi connectivity index (χ0v) is 10.3. The van der Waals surface area contributed by atoms with Gasteiger partial charge in [0, 0.05) is 0 Å². The Morgan fingerprint density at radius 1 is 1.13 bits per heavy atom. The number of hydrogen-bond acceptors (Lipinski definition) is 0. The fourth-order valence-electron chi connectivity index (χ4n) is 2.14. The minimum Gasteiger partial charge on any atom is -0.0985 e. The molecule has 0 heteroatoms. The van der Waals surface area contributed by atoms with Gasteiger partial charge in [-0.05, 0) is 42.0 Å². The first-order valence-electron chi connectivity index (χ1n) is 5.98. The van der Waals surface area contributed by atoms with Crippen LogP contribution >= 0.6 is 0 Å². The summed E-state index contributed by atoms with van der Waals surface area (Å²) in [5.41, 5.74) is 5.80. The minimum absolute atomic E-state index is 1.17. The van der Waals surface area contributed by atoms with Crippen LogP contribution in [0.3, 0.4) is 0 Å². The Labute approximate surface area is 94.0 Å². The molecule has 0 saturated carbocycles. The van der Waals surface area contributed by atoms with Crippen LogP contribution < -0.4 is 0 Å². The molecular weight excluding hydrogens is 180 g/mol. The van der Waals surface area contributed by atoms with Gasteiger partial charge in [-0.15, -0.1) is 0 Å². The molecule has 1 rings (SSSR count). The third-order valence-electron chi connectivity index (χ3n) is 2.99.